The fourth-order valence-electron chi connectivity index (χ4n) is 3.06. The van der Waals surface area contributed by atoms with E-state index < -0.39 is 0 Å². The van der Waals surface area contributed by atoms with Gasteiger partial charge < -0.3 is 15.4 Å². The molecule has 7 heteroatoms. The highest BCUT2D eigenvalue weighted by atomic mass is 19.1. The monoisotopic (exact) mass is 421 g/mol. The number of amides is 2. The van der Waals surface area contributed by atoms with Crippen molar-refractivity contribution in [2.45, 2.75) is 6.54 Å². The van der Waals surface area contributed by atoms with Crippen molar-refractivity contribution in [3.05, 3.63) is 89.7 Å². The molecule has 6 nitrogen and oxygen atoms in total. The Hall–Kier alpha value is -3.71. The molecule has 0 aliphatic carbocycles. The zero-order valence-electron chi connectivity index (χ0n) is 17.4. The Labute approximate surface area is 180 Å². The first-order chi connectivity index (χ1) is 14.9. The number of halogens is 1. The minimum Gasteiger partial charge on any atom is -0.497 e. The van der Waals surface area contributed by atoms with Crippen LogP contribution in [0.1, 0.15) is 15.9 Å². The summed E-state index contributed by atoms with van der Waals surface area (Å²) in [6.07, 6.45) is 0. The van der Waals surface area contributed by atoms with Crippen LogP contribution in [0.15, 0.2) is 72.8 Å². The normalized spacial score (nSPS) is 10.6. The number of hydrogen-bond donors (Lipinski definition) is 2. The van der Waals surface area contributed by atoms with Crippen molar-refractivity contribution < 1.29 is 18.7 Å². The molecule has 0 heterocycles. The van der Waals surface area contributed by atoms with Crippen LogP contribution < -0.4 is 15.4 Å². The van der Waals surface area contributed by atoms with Crippen LogP contribution in [0.5, 0.6) is 5.75 Å². The van der Waals surface area contributed by atoms with Gasteiger partial charge in [-0.2, -0.15) is 0 Å². The SMILES string of the molecule is COc1ccc(NC(=O)c2ccccc2NC(=O)CN(C)Cc2ccc(F)cc2)cc1. The van der Waals surface area contributed by atoms with Crippen molar-refractivity contribution in [3.8, 4) is 5.75 Å². The van der Waals surface area contributed by atoms with Gasteiger partial charge in [0.15, 0.2) is 0 Å². The lowest BCUT2D eigenvalue weighted by molar-refractivity contribution is -0.117. The van der Waals surface area contributed by atoms with Crippen molar-refractivity contribution >= 4 is 23.2 Å². The largest absolute Gasteiger partial charge is 0.497 e. The van der Waals surface area contributed by atoms with Gasteiger partial charge in [-0.3, -0.25) is 14.5 Å². The molecule has 0 unspecified atom stereocenters. The van der Waals surface area contributed by atoms with Crippen LogP contribution in [0.25, 0.3) is 0 Å². The number of rotatable bonds is 8. The quantitative estimate of drug-likeness (QED) is 0.573. The Morgan fingerprint density at radius 2 is 1.61 bits per heavy atom. The molecule has 160 valence electrons. The molecular formula is C24H24FN3O3. The molecule has 3 rings (SSSR count). The number of methoxy groups -OCH3 is 1. The zero-order chi connectivity index (χ0) is 22.2. The minimum absolute atomic E-state index is 0.117. The predicted molar refractivity (Wildman–Crippen MR) is 119 cm³/mol. The van der Waals surface area contributed by atoms with Gasteiger partial charge in [-0.1, -0.05) is 24.3 Å². The molecule has 0 atom stereocenters. The molecule has 0 aliphatic rings. The number of likely N-dealkylation sites (N-methyl/N-ethyl adjacent to an activating group) is 1. The molecule has 0 bridgehead atoms. The number of nitrogens with one attached hydrogen (secondary N) is 2. The number of hydrogen-bond acceptors (Lipinski definition) is 4. The van der Waals surface area contributed by atoms with Crippen LogP contribution >= 0.6 is 0 Å². The first kappa shape index (κ1) is 22.0. The van der Waals surface area contributed by atoms with E-state index in [0.717, 1.165) is 5.56 Å². The molecule has 0 fully saturated rings. The second kappa shape index (κ2) is 10.4. The lowest BCUT2D eigenvalue weighted by atomic mass is 10.1. The molecule has 2 amide bonds. The summed E-state index contributed by atoms with van der Waals surface area (Å²) in [5, 5.41) is 5.61. The number of anilines is 2. The third-order valence-corrected chi connectivity index (χ3v) is 4.57. The summed E-state index contributed by atoms with van der Waals surface area (Å²) in [5.41, 5.74) is 2.29. The molecule has 0 radical (unpaired) electrons. The molecular weight excluding hydrogens is 397 g/mol. The van der Waals surface area contributed by atoms with Crippen molar-refractivity contribution in [2.75, 3.05) is 31.3 Å². The van der Waals surface area contributed by atoms with E-state index in [4.69, 9.17) is 4.74 Å². The van der Waals surface area contributed by atoms with Gasteiger partial charge in [0.25, 0.3) is 5.91 Å². The Kier molecular flexibility index (Phi) is 7.35. The van der Waals surface area contributed by atoms with Crippen molar-refractivity contribution in [2.24, 2.45) is 0 Å². The summed E-state index contributed by atoms with van der Waals surface area (Å²) in [4.78, 5) is 27.0. The number of ether oxygens (including phenoxy) is 1. The van der Waals surface area contributed by atoms with Crippen molar-refractivity contribution in [3.63, 3.8) is 0 Å². The molecule has 2 N–H and O–H groups in total. The Morgan fingerprint density at radius 1 is 0.935 bits per heavy atom. The van der Waals surface area contributed by atoms with Crippen LogP contribution in [0.3, 0.4) is 0 Å². The molecule has 3 aromatic carbocycles. The lowest BCUT2D eigenvalue weighted by Gasteiger charge is -2.17. The summed E-state index contributed by atoms with van der Waals surface area (Å²) in [6, 6.07) is 19.9. The first-order valence-corrected chi connectivity index (χ1v) is 9.72. The zero-order valence-corrected chi connectivity index (χ0v) is 17.4. The number of nitrogens with zero attached hydrogens (tertiary/aromatic N) is 1. The Bertz CT molecular complexity index is 1040. The maximum absolute atomic E-state index is 13.0. The minimum atomic E-state index is -0.333. The van der Waals surface area contributed by atoms with E-state index in [1.807, 2.05) is 4.90 Å². The van der Waals surface area contributed by atoms with Gasteiger partial charge in [0.05, 0.1) is 24.9 Å². The second-order valence-electron chi connectivity index (χ2n) is 7.08. The summed E-state index contributed by atoms with van der Waals surface area (Å²) in [5.74, 6) is -0.195. The Morgan fingerprint density at radius 3 is 2.29 bits per heavy atom. The topological polar surface area (TPSA) is 70.7 Å². The molecule has 0 saturated carbocycles. The van der Waals surface area contributed by atoms with Gasteiger partial charge in [-0.25, -0.2) is 4.39 Å². The van der Waals surface area contributed by atoms with Gasteiger partial charge in [0.2, 0.25) is 5.91 Å². The number of benzene rings is 3. The first-order valence-electron chi connectivity index (χ1n) is 9.72. The molecule has 0 spiro atoms. The van der Waals surface area contributed by atoms with Crippen LogP contribution in [-0.4, -0.2) is 37.4 Å². The highest BCUT2D eigenvalue weighted by Crippen LogP contribution is 2.19. The van der Waals surface area contributed by atoms with Crippen molar-refractivity contribution in [1.82, 2.24) is 4.90 Å². The van der Waals surface area contributed by atoms with Gasteiger partial charge in [0.1, 0.15) is 11.6 Å². The molecule has 3 aromatic rings. The maximum atomic E-state index is 13.0. The van der Waals surface area contributed by atoms with E-state index in [-0.39, 0.29) is 24.2 Å². The van der Waals surface area contributed by atoms with Gasteiger partial charge in [-0.05, 0) is 61.1 Å². The summed E-state index contributed by atoms with van der Waals surface area (Å²) in [7, 11) is 3.37. The number of carbonyl (C=O) groups excluding carboxylic acids is 2. The number of para-hydroxylation sites is 1. The molecule has 0 saturated heterocycles. The standard InChI is InChI=1S/C24H24FN3O3/c1-28(15-17-7-9-18(25)10-8-17)16-23(29)27-22-6-4-3-5-21(22)24(30)26-19-11-13-20(31-2)14-12-19/h3-14H,15-16H2,1-2H3,(H,26,30)(H,27,29). The van der Waals surface area contributed by atoms with Gasteiger partial charge in [0, 0.05) is 12.2 Å². The number of carbonyl (C=O) groups is 2. The van der Waals surface area contributed by atoms with E-state index in [2.05, 4.69) is 10.6 Å². The van der Waals surface area contributed by atoms with Crippen LogP contribution in [0, 0.1) is 5.82 Å². The lowest BCUT2D eigenvalue weighted by Crippen LogP contribution is -2.30. The smallest absolute Gasteiger partial charge is 0.257 e. The summed E-state index contributed by atoms with van der Waals surface area (Å²) < 4.78 is 18.2. The van der Waals surface area contributed by atoms with E-state index in [1.54, 1.807) is 74.8 Å². The summed E-state index contributed by atoms with van der Waals surface area (Å²) >= 11 is 0. The average molecular weight is 421 g/mol. The van der Waals surface area contributed by atoms with Gasteiger partial charge >= 0.3 is 0 Å². The Balaban J connectivity index is 1.61. The fourth-order valence-corrected chi connectivity index (χ4v) is 3.06. The highest BCUT2D eigenvalue weighted by molar-refractivity contribution is 6.10. The van der Waals surface area contributed by atoms with Gasteiger partial charge in [-0.15, -0.1) is 0 Å². The van der Waals surface area contributed by atoms with Crippen LogP contribution in [0.2, 0.25) is 0 Å². The van der Waals surface area contributed by atoms with E-state index in [0.29, 0.717) is 29.2 Å². The third kappa shape index (κ3) is 6.38. The fraction of sp³-hybridized carbons (Fsp3) is 0.167. The predicted octanol–water partition coefficient (Wildman–Crippen LogP) is 4.16. The molecule has 31 heavy (non-hydrogen) atoms. The third-order valence-electron chi connectivity index (χ3n) is 4.57. The second-order valence-corrected chi connectivity index (χ2v) is 7.08. The van der Waals surface area contributed by atoms with E-state index >= 15 is 0 Å². The van der Waals surface area contributed by atoms with Crippen molar-refractivity contribution in [1.29, 1.82) is 0 Å². The van der Waals surface area contributed by atoms with E-state index in [9.17, 15) is 14.0 Å². The summed E-state index contributed by atoms with van der Waals surface area (Å²) in [6.45, 7) is 0.610. The highest BCUT2D eigenvalue weighted by Gasteiger charge is 2.15. The maximum Gasteiger partial charge on any atom is 0.257 e. The average Bonchev–Trinajstić information content (AvgIpc) is 2.76. The van der Waals surface area contributed by atoms with Crippen LogP contribution in [0.4, 0.5) is 15.8 Å². The molecule has 0 aromatic heterocycles. The van der Waals surface area contributed by atoms with Crippen LogP contribution in [-0.2, 0) is 11.3 Å². The molecule has 0 aliphatic heterocycles. The van der Waals surface area contributed by atoms with E-state index in [1.165, 1.54) is 12.1 Å².